The van der Waals surface area contributed by atoms with Crippen molar-refractivity contribution in [2.24, 2.45) is 0 Å². The van der Waals surface area contributed by atoms with Gasteiger partial charge in [-0.1, -0.05) is 6.07 Å². The first-order chi connectivity index (χ1) is 7.94. The Labute approximate surface area is 183 Å². The van der Waals surface area contributed by atoms with E-state index in [2.05, 4.69) is 0 Å². The molecule has 3 nitrogen and oxygen atoms in total. The van der Waals surface area contributed by atoms with Crippen molar-refractivity contribution in [3.63, 3.8) is 0 Å². The summed E-state index contributed by atoms with van der Waals surface area (Å²) in [7, 11) is -2.92. The molecule has 0 aliphatic carbocycles. The Morgan fingerprint density at radius 1 is 0.714 bits per heavy atom. The molecule has 13 heteroatoms. The zero-order chi connectivity index (χ0) is 14.6. The minimum Gasteiger partial charge on any atom is -0.907 e. The van der Waals surface area contributed by atoms with Crippen LogP contribution >= 0.6 is 0 Å². The van der Waals surface area contributed by atoms with Crippen molar-refractivity contribution >= 4 is 7.32 Å². The monoisotopic (exact) mass is 342 g/mol. The van der Waals surface area contributed by atoms with Crippen LogP contribution in [0.25, 0.3) is 0 Å². The van der Waals surface area contributed by atoms with E-state index in [-0.39, 0.29) is 94.7 Å². The molecule has 0 spiro atoms. The molecular weight excluding hydrogens is 338 g/mol. The molecule has 0 saturated heterocycles. The maximum absolute atomic E-state index is 12.0. The van der Waals surface area contributed by atoms with Gasteiger partial charge in [0, 0.05) is 0 Å². The molecular formula is C8H4BF6Na3O3. The van der Waals surface area contributed by atoms with Gasteiger partial charge in [0.1, 0.15) is 0 Å². The summed E-state index contributed by atoms with van der Waals surface area (Å²) in [6.45, 7) is 0. The molecule has 0 aliphatic rings. The summed E-state index contributed by atoms with van der Waals surface area (Å²) in [4.78, 5) is 0. The zero-order valence-electron chi connectivity index (χ0n) is 11.4. The standard InChI is InChI=1S/C8H4F6.BO3.3Na/c9-7(10,11)5-2-1-3-6(4-5)8(12,13)14;2-1(3)4;;;/h1-4H;;;;/q;-3;3*+1. The molecule has 0 bridgehead atoms. The molecule has 0 amide bonds. The van der Waals surface area contributed by atoms with Crippen molar-refractivity contribution in [2.45, 2.75) is 12.4 Å². The molecule has 0 aliphatic heterocycles. The van der Waals surface area contributed by atoms with Gasteiger partial charge in [-0.25, -0.2) is 0 Å². The van der Waals surface area contributed by atoms with Gasteiger partial charge in [-0.15, -0.1) is 0 Å². The third-order valence-electron chi connectivity index (χ3n) is 1.52. The Hall–Kier alpha value is 1.74. The van der Waals surface area contributed by atoms with Gasteiger partial charge in [-0.2, -0.15) is 26.3 Å². The summed E-state index contributed by atoms with van der Waals surface area (Å²) in [5.41, 5.74) is -2.60. The van der Waals surface area contributed by atoms with Crippen LogP contribution in [0, 0.1) is 0 Å². The number of rotatable bonds is 0. The smallest absolute Gasteiger partial charge is 0.907 e. The third kappa shape index (κ3) is 15.0. The van der Waals surface area contributed by atoms with E-state index in [0.29, 0.717) is 12.1 Å². The number of halogens is 6. The van der Waals surface area contributed by atoms with Crippen LogP contribution in [0.1, 0.15) is 11.1 Å². The molecule has 0 unspecified atom stereocenters. The first kappa shape index (κ1) is 30.6. The molecule has 1 aromatic carbocycles. The molecule has 1 rings (SSSR count). The van der Waals surface area contributed by atoms with E-state index in [9.17, 15) is 26.3 Å². The number of hydrogen-bond acceptors (Lipinski definition) is 3. The molecule has 21 heavy (non-hydrogen) atoms. The van der Waals surface area contributed by atoms with Crippen LogP contribution in [0.4, 0.5) is 26.3 Å². The average Bonchev–Trinajstić information content (AvgIpc) is 2.14. The Kier molecular flexibility index (Phi) is 19.1. The minimum atomic E-state index is -4.75. The molecule has 0 N–H and O–H groups in total. The summed E-state index contributed by atoms with van der Waals surface area (Å²) < 4.78 is 71.9. The number of hydrogen-bond donors (Lipinski definition) is 0. The van der Waals surface area contributed by atoms with E-state index in [1.165, 1.54) is 0 Å². The normalized spacial score (nSPS) is 9.95. The van der Waals surface area contributed by atoms with Crippen molar-refractivity contribution in [2.75, 3.05) is 0 Å². The van der Waals surface area contributed by atoms with E-state index >= 15 is 0 Å². The predicted octanol–water partition coefficient (Wildman–Crippen LogP) is -9.21. The SMILES string of the molecule is FC(F)(F)c1cccc(C(F)(F)F)c1.[Na+].[Na+].[Na+].[O-]B([O-])[O-]. The van der Waals surface area contributed by atoms with Gasteiger partial charge in [0.15, 0.2) is 0 Å². The Bertz CT molecular complexity index is 356. The van der Waals surface area contributed by atoms with E-state index in [4.69, 9.17) is 15.1 Å². The number of alkyl halides is 6. The van der Waals surface area contributed by atoms with Crippen LogP contribution in [-0.2, 0) is 12.4 Å². The van der Waals surface area contributed by atoms with Crippen molar-refractivity contribution in [3.05, 3.63) is 35.4 Å². The van der Waals surface area contributed by atoms with E-state index in [1.807, 2.05) is 0 Å². The second-order valence-electron chi connectivity index (χ2n) is 2.86. The molecule has 0 saturated carbocycles. The maximum Gasteiger partial charge on any atom is 1.00 e. The average molecular weight is 342 g/mol. The van der Waals surface area contributed by atoms with Gasteiger partial charge in [0.2, 0.25) is 0 Å². The predicted molar refractivity (Wildman–Crippen MR) is 42.2 cm³/mol. The molecule has 0 aromatic heterocycles. The first-order valence-electron chi connectivity index (χ1n) is 4.16. The van der Waals surface area contributed by atoms with Gasteiger partial charge >= 0.3 is 101 Å². The van der Waals surface area contributed by atoms with Gasteiger partial charge in [0.25, 0.3) is 0 Å². The second-order valence-corrected chi connectivity index (χ2v) is 2.86. The van der Waals surface area contributed by atoms with Crippen LogP contribution in [0.2, 0.25) is 0 Å². The maximum atomic E-state index is 12.0. The molecule has 0 fully saturated rings. The zero-order valence-corrected chi connectivity index (χ0v) is 17.4. The first-order valence-corrected chi connectivity index (χ1v) is 4.16. The van der Waals surface area contributed by atoms with Gasteiger partial charge in [-0.3, -0.25) is 7.32 Å². The fourth-order valence-corrected chi connectivity index (χ4v) is 0.872. The van der Waals surface area contributed by atoms with Gasteiger partial charge < -0.3 is 15.1 Å². The van der Waals surface area contributed by atoms with Crippen molar-refractivity contribution in [1.82, 2.24) is 0 Å². The van der Waals surface area contributed by atoms with E-state index in [0.717, 1.165) is 6.07 Å². The summed E-state index contributed by atoms with van der Waals surface area (Å²) in [6.07, 6.45) is -9.50. The minimum absolute atomic E-state index is 0. The topological polar surface area (TPSA) is 69.2 Å². The largest absolute Gasteiger partial charge is 1.00 e. The Morgan fingerprint density at radius 2 is 0.952 bits per heavy atom. The summed E-state index contributed by atoms with van der Waals surface area (Å²) in [6, 6.07) is 2.00. The van der Waals surface area contributed by atoms with Crippen LogP contribution in [-0.4, -0.2) is 7.32 Å². The third-order valence-corrected chi connectivity index (χ3v) is 1.52. The van der Waals surface area contributed by atoms with Crippen molar-refractivity contribution < 1.29 is 130 Å². The summed E-state index contributed by atoms with van der Waals surface area (Å²) >= 11 is 0. The van der Waals surface area contributed by atoms with Crippen LogP contribution in [0.15, 0.2) is 24.3 Å². The molecule has 0 heterocycles. The Balaban J connectivity index is -0.000000185. The van der Waals surface area contributed by atoms with Crippen LogP contribution in [0.5, 0.6) is 0 Å². The summed E-state index contributed by atoms with van der Waals surface area (Å²) in [5, 5.41) is 25.2. The molecule has 0 atom stereocenters. The quantitative estimate of drug-likeness (QED) is 0.348. The van der Waals surface area contributed by atoms with Crippen molar-refractivity contribution in [1.29, 1.82) is 0 Å². The Morgan fingerprint density at radius 3 is 1.14 bits per heavy atom. The summed E-state index contributed by atoms with van der Waals surface area (Å²) in [5.74, 6) is 0. The molecule has 1 aromatic rings. The molecule has 102 valence electrons. The number of benzene rings is 1. The second kappa shape index (κ2) is 13.1. The fraction of sp³-hybridized carbons (Fsp3) is 0.250. The van der Waals surface area contributed by atoms with Crippen LogP contribution in [0.3, 0.4) is 0 Å². The molecule has 0 radical (unpaired) electrons. The van der Waals surface area contributed by atoms with Gasteiger partial charge in [-0.05, 0) is 18.2 Å². The van der Waals surface area contributed by atoms with E-state index in [1.54, 1.807) is 0 Å². The van der Waals surface area contributed by atoms with Crippen molar-refractivity contribution in [3.8, 4) is 0 Å². The van der Waals surface area contributed by atoms with Gasteiger partial charge in [0.05, 0.1) is 11.1 Å². The van der Waals surface area contributed by atoms with Crippen LogP contribution < -0.4 is 104 Å². The van der Waals surface area contributed by atoms with E-state index < -0.39 is 30.8 Å². The fourth-order valence-electron chi connectivity index (χ4n) is 0.872.